The molecular formula is C14H15O+. The first-order chi connectivity index (χ1) is 7.36. The molecule has 1 nitrogen and oxygen atoms in total. The summed E-state index contributed by atoms with van der Waals surface area (Å²) < 4.78 is 3.07. The number of hydrogen-bond acceptors (Lipinski definition) is 0. The lowest BCUT2D eigenvalue weighted by Gasteiger charge is -2.18. The second-order valence-corrected chi connectivity index (χ2v) is 3.58. The molecule has 76 valence electrons. The van der Waals surface area contributed by atoms with Crippen molar-refractivity contribution in [3.8, 4) is 5.75 Å². The largest absolute Gasteiger partial charge is 0.571 e. The molecule has 0 aliphatic heterocycles. The molecule has 1 heteroatoms. The topological polar surface area (TPSA) is 2.70 Å². The zero-order valence-corrected chi connectivity index (χ0v) is 8.89. The Morgan fingerprint density at radius 2 is 1.33 bits per heavy atom. The molecular weight excluding hydrogens is 184 g/mol. The molecule has 0 aliphatic rings. The highest BCUT2D eigenvalue weighted by molar-refractivity contribution is 5.23. The molecule has 0 aromatic heterocycles. The van der Waals surface area contributed by atoms with Gasteiger partial charge < -0.3 is 4.37 Å². The molecule has 0 heterocycles. The fourth-order valence-corrected chi connectivity index (χ4v) is 1.56. The van der Waals surface area contributed by atoms with E-state index < -0.39 is 0 Å². The van der Waals surface area contributed by atoms with Crippen molar-refractivity contribution < 1.29 is 4.37 Å². The van der Waals surface area contributed by atoms with E-state index in [1.165, 1.54) is 11.3 Å². The first-order valence-corrected chi connectivity index (χ1v) is 5.08. The minimum absolute atomic E-state index is 0.866. The van der Waals surface area contributed by atoms with Gasteiger partial charge in [-0.1, -0.05) is 48.5 Å². The summed E-state index contributed by atoms with van der Waals surface area (Å²) in [5.74, 6) is 1.17. The Labute approximate surface area is 90.7 Å². The van der Waals surface area contributed by atoms with Crippen molar-refractivity contribution in [2.24, 2.45) is 0 Å². The molecule has 0 saturated carbocycles. The molecule has 0 atom stereocenters. The standard InChI is InChI=1S/C14H15O/c1-15(14-10-6-3-7-11-14)12-13-8-4-2-5-9-13/h2-11H,12H2,1H3/q+1. The van der Waals surface area contributed by atoms with Crippen molar-refractivity contribution in [3.63, 3.8) is 0 Å². The van der Waals surface area contributed by atoms with E-state index in [0.717, 1.165) is 6.61 Å². The summed E-state index contributed by atoms with van der Waals surface area (Å²) >= 11 is 0. The van der Waals surface area contributed by atoms with Crippen LogP contribution in [0.25, 0.3) is 0 Å². The molecule has 0 bridgehead atoms. The van der Waals surface area contributed by atoms with Gasteiger partial charge in [-0.15, -0.1) is 0 Å². The van der Waals surface area contributed by atoms with Crippen molar-refractivity contribution in [3.05, 3.63) is 66.2 Å². The van der Waals surface area contributed by atoms with Crippen LogP contribution in [0.1, 0.15) is 5.56 Å². The highest BCUT2D eigenvalue weighted by atomic mass is 16.7. The zero-order valence-electron chi connectivity index (χ0n) is 8.89. The van der Waals surface area contributed by atoms with Gasteiger partial charge in [-0.2, -0.15) is 0 Å². The molecule has 0 N–H and O–H groups in total. The lowest BCUT2D eigenvalue weighted by Crippen LogP contribution is -2.00. The zero-order chi connectivity index (χ0) is 10.5. The third kappa shape index (κ3) is 2.59. The van der Waals surface area contributed by atoms with Gasteiger partial charge in [0.05, 0.1) is 0 Å². The highest BCUT2D eigenvalue weighted by Gasteiger charge is 2.05. The van der Waals surface area contributed by atoms with Crippen molar-refractivity contribution in [1.82, 2.24) is 0 Å². The maximum atomic E-state index is 3.07. The van der Waals surface area contributed by atoms with Crippen LogP contribution in [0.5, 0.6) is 5.75 Å². The van der Waals surface area contributed by atoms with E-state index in [1.807, 2.05) is 31.4 Å². The molecule has 0 aliphatic carbocycles. The Morgan fingerprint density at radius 3 is 1.93 bits per heavy atom. The predicted molar refractivity (Wildman–Crippen MR) is 63.0 cm³/mol. The Hall–Kier alpha value is -1.76. The molecule has 0 unspecified atom stereocenters. The van der Waals surface area contributed by atoms with Gasteiger partial charge in [0.2, 0.25) is 0 Å². The van der Waals surface area contributed by atoms with Crippen LogP contribution in [0, 0.1) is 0 Å². The van der Waals surface area contributed by atoms with E-state index in [-0.39, 0.29) is 0 Å². The van der Waals surface area contributed by atoms with Gasteiger partial charge in [-0.3, -0.25) is 0 Å². The maximum absolute atomic E-state index is 3.07. The first kappa shape index (κ1) is 9.78. The third-order valence-electron chi connectivity index (χ3n) is 2.37. The molecule has 2 aromatic carbocycles. The Morgan fingerprint density at radius 1 is 0.800 bits per heavy atom. The van der Waals surface area contributed by atoms with Gasteiger partial charge in [0.25, 0.3) is 5.75 Å². The normalized spacial score (nSPS) is 9.93. The van der Waals surface area contributed by atoms with Gasteiger partial charge in [-0.05, 0) is 0 Å². The van der Waals surface area contributed by atoms with E-state index in [9.17, 15) is 0 Å². The van der Waals surface area contributed by atoms with E-state index >= 15 is 0 Å². The average molecular weight is 199 g/mol. The summed E-state index contributed by atoms with van der Waals surface area (Å²) in [6.45, 7) is 0.866. The quantitative estimate of drug-likeness (QED) is 0.661. The fraction of sp³-hybridized carbons (Fsp3) is 0.143. The van der Waals surface area contributed by atoms with Gasteiger partial charge in [0.1, 0.15) is 0 Å². The second kappa shape index (κ2) is 4.65. The number of rotatable bonds is 3. The van der Waals surface area contributed by atoms with E-state index in [0.29, 0.717) is 0 Å². The summed E-state index contributed by atoms with van der Waals surface area (Å²) in [7, 11) is 2.03. The predicted octanol–water partition coefficient (Wildman–Crippen LogP) is 3.78. The maximum Gasteiger partial charge on any atom is 0.255 e. The highest BCUT2D eigenvalue weighted by Crippen LogP contribution is 2.23. The smallest absolute Gasteiger partial charge is 0.255 e. The van der Waals surface area contributed by atoms with Crippen LogP contribution in [0.15, 0.2) is 60.7 Å². The Bertz CT molecular complexity index is 394. The number of benzene rings is 2. The molecule has 0 radical (unpaired) electrons. The van der Waals surface area contributed by atoms with Crippen molar-refractivity contribution in [2.45, 2.75) is 6.61 Å². The van der Waals surface area contributed by atoms with Crippen LogP contribution >= 0.6 is 0 Å². The van der Waals surface area contributed by atoms with Crippen LogP contribution < -0.4 is 0 Å². The van der Waals surface area contributed by atoms with E-state index in [1.54, 1.807) is 0 Å². The summed E-state index contributed by atoms with van der Waals surface area (Å²) in [5, 5.41) is 0. The number of hydrogen-bond donors (Lipinski definition) is 0. The summed E-state index contributed by atoms with van der Waals surface area (Å²) in [6.07, 6.45) is 0. The van der Waals surface area contributed by atoms with Crippen molar-refractivity contribution in [1.29, 1.82) is 0 Å². The van der Waals surface area contributed by atoms with Crippen LogP contribution in [0.2, 0.25) is 0 Å². The monoisotopic (exact) mass is 199 g/mol. The van der Waals surface area contributed by atoms with Crippen LogP contribution in [0.4, 0.5) is 0 Å². The average Bonchev–Trinajstić information content (AvgIpc) is 2.31. The molecule has 0 saturated heterocycles. The minimum Gasteiger partial charge on any atom is -0.571 e. The van der Waals surface area contributed by atoms with Crippen LogP contribution in [-0.2, 0) is 11.0 Å². The van der Waals surface area contributed by atoms with Gasteiger partial charge in [-0.25, -0.2) is 0 Å². The van der Waals surface area contributed by atoms with E-state index in [2.05, 4.69) is 40.8 Å². The fourth-order valence-electron chi connectivity index (χ4n) is 1.56. The molecule has 0 amide bonds. The van der Waals surface area contributed by atoms with Crippen molar-refractivity contribution in [2.75, 3.05) is 7.11 Å². The van der Waals surface area contributed by atoms with Gasteiger partial charge >= 0.3 is 0 Å². The molecule has 2 aromatic rings. The third-order valence-corrected chi connectivity index (χ3v) is 2.37. The van der Waals surface area contributed by atoms with Crippen LogP contribution in [0.3, 0.4) is 0 Å². The van der Waals surface area contributed by atoms with E-state index in [4.69, 9.17) is 0 Å². The lowest BCUT2D eigenvalue weighted by atomic mass is 10.2. The molecule has 2 rings (SSSR count). The first-order valence-electron chi connectivity index (χ1n) is 5.08. The summed E-state index contributed by atoms with van der Waals surface area (Å²) in [5.41, 5.74) is 1.30. The second-order valence-electron chi connectivity index (χ2n) is 3.58. The molecule has 15 heavy (non-hydrogen) atoms. The minimum atomic E-state index is 0.866. The van der Waals surface area contributed by atoms with Gasteiger partial charge in [0.15, 0.2) is 13.7 Å². The molecule has 0 spiro atoms. The summed E-state index contributed by atoms with van der Waals surface area (Å²) in [6, 6.07) is 20.7. The number of para-hydroxylation sites is 1. The SMILES string of the molecule is C[O+](Cc1ccccc1)c1ccccc1. The molecule has 0 fully saturated rings. The Kier molecular flexibility index (Phi) is 3.03. The van der Waals surface area contributed by atoms with Crippen molar-refractivity contribution >= 4 is 0 Å². The van der Waals surface area contributed by atoms with Gasteiger partial charge in [0, 0.05) is 17.7 Å². The van der Waals surface area contributed by atoms with Crippen LogP contribution in [-0.4, -0.2) is 7.11 Å². The lowest BCUT2D eigenvalue weighted by molar-refractivity contribution is -0.0214. The summed E-state index contributed by atoms with van der Waals surface area (Å²) in [4.78, 5) is 0. The Balaban J connectivity index is 2.08.